The van der Waals surface area contributed by atoms with E-state index in [9.17, 15) is 13.2 Å². The molecule has 0 aliphatic carbocycles. The number of rotatable bonds is 0. The number of hydrogen-bond acceptors (Lipinski definition) is 1. The molecule has 1 heterocycles. The number of halogens is 4. The van der Waals surface area contributed by atoms with Crippen LogP contribution in [0.1, 0.15) is 12.8 Å². The largest absolute Gasteiger partial charge is 0.314 e. The van der Waals surface area contributed by atoms with Gasteiger partial charge in [-0.1, -0.05) is 0 Å². The molecule has 0 aromatic rings. The van der Waals surface area contributed by atoms with E-state index in [0.717, 1.165) is 0 Å². The molecule has 0 aromatic carbocycles. The molecular formula is C6H11ClF3N. The molecule has 1 rings (SSSR count). The van der Waals surface area contributed by atoms with Crippen LogP contribution in [0.5, 0.6) is 0 Å². The van der Waals surface area contributed by atoms with Crippen molar-refractivity contribution in [1.82, 2.24) is 5.32 Å². The third-order valence-electron chi connectivity index (χ3n) is 1.65. The molecule has 1 atom stereocenters. The van der Waals surface area contributed by atoms with Crippen LogP contribution in [0.2, 0.25) is 0 Å². The molecule has 0 amide bonds. The summed E-state index contributed by atoms with van der Waals surface area (Å²) in [5.74, 6) is -3.11. The van der Waals surface area contributed by atoms with Crippen LogP contribution in [0.15, 0.2) is 0 Å². The molecule has 11 heavy (non-hydrogen) atoms. The van der Waals surface area contributed by atoms with Crippen molar-refractivity contribution in [3.8, 4) is 0 Å². The second kappa shape index (κ2) is 4.16. The van der Waals surface area contributed by atoms with Crippen molar-refractivity contribution in [3.63, 3.8) is 0 Å². The third kappa shape index (κ3) is 2.87. The molecule has 0 saturated carbocycles. The molecule has 1 fully saturated rings. The lowest BCUT2D eigenvalue weighted by molar-refractivity contribution is -0.0714. The molecule has 0 radical (unpaired) electrons. The summed E-state index contributed by atoms with van der Waals surface area (Å²) in [6, 6.07) is 0. The highest BCUT2D eigenvalue weighted by atomic mass is 35.5. The molecule has 0 aromatic heterocycles. The lowest BCUT2D eigenvalue weighted by Crippen LogP contribution is -2.34. The molecule has 1 aliphatic heterocycles. The third-order valence-corrected chi connectivity index (χ3v) is 1.65. The Hall–Kier alpha value is 0.0400. The zero-order valence-electron chi connectivity index (χ0n) is 5.95. The van der Waals surface area contributed by atoms with Crippen molar-refractivity contribution >= 4 is 12.4 Å². The van der Waals surface area contributed by atoms with Crippen LogP contribution >= 0.6 is 12.4 Å². The van der Waals surface area contributed by atoms with Gasteiger partial charge in [0, 0.05) is 13.0 Å². The summed E-state index contributed by atoms with van der Waals surface area (Å²) in [4.78, 5) is 0. The van der Waals surface area contributed by atoms with Gasteiger partial charge in [-0.25, -0.2) is 13.2 Å². The Bertz CT molecular complexity index is 120. The summed E-state index contributed by atoms with van der Waals surface area (Å²) in [6.45, 7) is 0.281. The monoisotopic (exact) mass is 189 g/mol. The standard InChI is InChI=1S/C6H10F3N.ClH/c7-5-4-10-3-1-2-6(5,8)9;/h5,10H,1-4H2;1H. The average Bonchev–Trinajstić information content (AvgIpc) is 1.96. The molecule has 1 nitrogen and oxygen atoms in total. The Morgan fingerprint density at radius 3 is 2.64 bits per heavy atom. The van der Waals surface area contributed by atoms with E-state index in [2.05, 4.69) is 5.32 Å². The second-order valence-corrected chi connectivity index (χ2v) is 2.54. The molecule has 1 saturated heterocycles. The normalized spacial score (nSPS) is 30.3. The fourth-order valence-corrected chi connectivity index (χ4v) is 0.984. The predicted molar refractivity (Wildman–Crippen MR) is 39.2 cm³/mol. The van der Waals surface area contributed by atoms with Crippen molar-refractivity contribution < 1.29 is 13.2 Å². The maximum atomic E-state index is 12.4. The lowest BCUT2D eigenvalue weighted by atomic mass is 10.1. The van der Waals surface area contributed by atoms with Gasteiger partial charge >= 0.3 is 0 Å². The first-order valence-electron chi connectivity index (χ1n) is 3.35. The molecular weight excluding hydrogens is 179 g/mol. The van der Waals surface area contributed by atoms with Crippen molar-refractivity contribution in [2.75, 3.05) is 13.1 Å². The van der Waals surface area contributed by atoms with Gasteiger partial charge in [0.2, 0.25) is 0 Å². The lowest BCUT2D eigenvalue weighted by Gasteiger charge is -2.16. The van der Waals surface area contributed by atoms with Crippen LogP contribution < -0.4 is 5.32 Å². The summed E-state index contributed by atoms with van der Waals surface area (Å²) in [5.41, 5.74) is 0. The summed E-state index contributed by atoms with van der Waals surface area (Å²) in [5, 5.41) is 2.60. The summed E-state index contributed by atoms with van der Waals surface area (Å²) in [6.07, 6.45) is -1.98. The molecule has 1 N–H and O–H groups in total. The van der Waals surface area contributed by atoms with E-state index in [-0.39, 0.29) is 25.4 Å². The summed E-state index contributed by atoms with van der Waals surface area (Å²) in [7, 11) is 0. The SMILES string of the molecule is Cl.FC1CNCCCC1(F)F. The minimum Gasteiger partial charge on any atom is -0.314 e. The number of alkyl halides is 3. The van der Waals surface area contributed by atoms with Gasteiger partial charge in [0.1, 0.15) is 0 Å². The Labute approximate surface area is 69.8 Å². The van der Waals surface area contributed by atoms with Crippen LogP contribution in [0, 0.1) is 0 Å². The summed E-state index contributed by atoms with van der Waals surface area (Å²) < 4.78 is 37.3. The van der Waals surface area contributed by atoms with Crippen molar-refractivity contribution in [2.45, 2.75) is 24.9 Å². The van der Waals surface area contributed by atoms with Crippen molar-refractivity contribution in [1.29, 1.82) is 0 Å². The minimum absolute atomic E-state index is 0. The van der Waals surface area contributed by atoms with Crippen LogP contribution in [-0.4, -0.2) is 25.2 Å². The first-order valence-corrected chi connectivity index (χ1v) is 3.35. The van der Waals surface area contributed by atoms with Gasteiger partial charge in [-0.05, 0) is 13.0 Å². The zero-order valence-corrected chi connectivity index (χ0v) is 6.76. The minimum atomic E-state index is -3.11. The molecule has 0 bridgehead atoms. The molecule has 1 unspecified atom stereocenters. The van der Waals surface area contributed by atoms with Crippen LogP contribution in [0.25, 0.3) is 0 Å². The van der Waals surface area contributed by atoms with Crippen molar-refractivity contribution in [2.24, 2.45) is 0 Å². The van der Waals surface area contributed by atoms with E-state index in [1.165, 1.54) is 0 Å². The predicted octanol–water partition coefficient (Wildman–Crippen LogP) is 1.77. The Balaban J connectivity index is 0.000001000. The van der Waals surface area contributed by atoms with E-state index in [0.29, 0.717) is 13.0 Å². The van der Waals surface area contributed by atoms with Gasteiger partial charge in [-0.3, -0.25) is 0 Å². The first kappa shape index (κ1) is 11.0. The Kier molecular flexibility index (Phi) is 4.18. The molecule has 5 heteroatoms. The highest BCUT2D eigenvalue weighted by Gasteiger charge is 2.40. The van der Waals surface area contributed by atoms with Gasteiger partial charge in [-0.2, -0.15) is 0 Å². The van der Waals surface area contributed by atoms with E-state index < -0.39 is 12.1 Å². The van der Waals surface area contributed by atoms with E-state index >= 15 is 0 Å². The Morgan fingerprint density at radius 1 is 1.36 bits per heavy atom. The van der Waals surface area contributed by atoms with E-state index in [4.69, 9.17) is 0 Å². The fourth-order valence-electron chi connectivity index (χ4n) is 0.984. The highest BCUT2D eigenvalue weighted by molar-refractivity contribution is 5.85. The van der Waals surface area contributed by atoms with Crippen LogP contribution in [-0.2, 0) is 0 Å². The topological polar surface area (TPSA) is 12.0 Å². The average molecular weight is 190 g/mol. The van der Waals surface area contributed by atoms with Gasteiger partial charge < -0.3 is 5.32 Å². The number of hydrogen-bond donors (Lipinski definition) is 1. The second-order valence-electron chi connectivity index (χ2n) is 2.54. The maximum absolute atomic E-state index is 12.4. The van der Waals surface area contributed by atoms with Crippen LogP contribution in [0.3, 0.4) is 0 Å². The van der Waals surface area contributed by atoms with Crippen LogP contribution in [0.4, 0.5) is 13.2 Å². The van der Waals surface area contributed by atoms with Gasteiger partial charge in [-0.15, -0.1) is 12.4 Å². The van der Waals surface area contributed by atoms with Crippen molar-refractivity contribution in [3.05, 3.63) is 0 Å². The Morgan fingerprint density at radius 2 is 2.00 bits per heavy atom. The molecule has 0 spiro atoms. The zero-order chi connectivity index (χ0) is 7.61. The van der Waals surface area contributed by atoms with Gasteiger partial charge in [0.15, 0.2) is 6.17 Å². The van der Waals surface area contributed by atoms with E-state index in [1.54, 1.807) is 0 Å². The molecule has 68 valence electrons. The maximum Gasteiger partial charge on any atom is 0.280 e. The summed E-state index contributed by atoms with van der Waals surface area (Å²) >= 11 is 0. The smallest absolute Gasteiger partial charge is 0.280 e. The van der Waals surface area contributed by atoms with E-state index in [1.807, 2.05) is 0 Å². The number of nitrogens with one attached hydrogen (secondary N) is 1. The van der Waals surface area contributed by atoms with Gasteiger partial charge in [0.05, 0.1) is 0 Å². The first-order chi connectivity index (χ1) is 4.63. The molecule has 1 aliphatic rings. The van der Waals surface area contributed by atoms with Gasteiger partial charge in [0.25, 0.3) is 5.92 Å². The highest BCUT2D eigenvalue weighted by Crippen LogP contribution is 2.27. The fraction of sp³-hybridized carbons (Fsp3) is 1.00. The quantitative estimate of drug-likeness (QED) is 0.613.